The van der Waals surface area contributed by atoms with Gasteiger partial charge in [0.1, 0.15) is 11.9 Å². The predicted molar refractivity (Wildman–Crippen MR) is 86.3 cm³/mol. The zero-order valence-corrected chi connectivity index (χ0v) is 14.2. The molecule has 1 saturated heterocycles. The van der Waals surface area contributed by atoms with E-state index in [1.807, 2.05) is 20.8 Å². The van der Waals surface area contributed by atoms with Crippen LogP contribution in [0.2, 0.25) is 0 Å². The lowest BCUT2D eigenvalue weighted by Gasteiger charge is -2.34. The van der Waals surface area contributed by atoms with Crippen LogP contribution in [-0.4, -0.2) is 56.7 Å². The van der Waals surface area contributed by atoms with Gasteiger partial charge < -0.3 is 10.1 Å². The third kappa shape index (κ3) is 3.74. The van der Waals surface area contributed by atoms with Gasteiger partial charge in [-0.3, -0.25) is 14.8 Å². The van der Waals surface area contributed by atoms with E-state index in [9.17, 15) is 4.79 Å². The number of thiazole rings is 1. The summed E-state index contributed by atoms with van der Waals surface area (Å²) in [6.45, 7) is 7.53. The normalized spacial score (nSPS) is 20.4. The van der Waals surface area contributed by atoms with Crippen molar-refractivity contribution in [1.82, 2.24) is 25.1 Å². The van der Waals surface area contributed by atoms with Crippen LogP contribution < -0.4 is 5.32 Å². The van der Waals surface area contributed by atoms with E-state index in [0.717, 1.165) is 10.7 Å². The molecule has 1 aliphatic rings. The van der Waals surface area contributed by atoms with Crippen molar-refractivity contribution >= 4 is 22.4 Å². The summed E-state index contributed by atoms with van der Waals surface area (Å²) in [7, 11) is 0. The van der Waals surface area contributed by atoms with Crippen LogP contribution in [0.5, 0.6) is 0 Å². The Labute approximate surface area is 138 Å². The molecule has 0 aliphatic carbocycles. The van der Waals surface area contributed by atoms with Gasteiger partial charge in [-0.2, -0.15) is 5.10 Å². The molecule has 3 rings (SSSR count). The Balaban J connectivity index is 1.62. The van der Waals surface area contributed by atoms with Gasteiger partial charge in [-0.25, -0.2) is 9.97 Å². The van der Waals surface area contributed by atoms with Crippen molar-refractivity contribution in [3.8, 4) is 0 Å². The van der Waals surface area contributed by atoms with Gasteiger partial charge in [0.25, 0.3) is 0 Å². The summed E-state index contributed by atoms with van der Waals surface area (Å²) in [5.74, 6) is 1.33. The van der Waals surface area contributed by atoms with Gasteiger partial charge in [0.15, 0.2) is 11.0 Å². The lowest BCUT2D eigenvalue weighted by molar-refractivity contribution is -0.124. The molecule has 1 aliphatic heterocycles. The molecule has 2 N–H and O–H groups in total. The van der Waals surface area contributed by atoms with Crippen LogP contribution in [0.3, 0.4) is 0 Å². The van der Waals surface area contributed by atoms with Gasteiger partial charge in [-0.05, 0) is 20.8 Å². The number of aromatic nitrogens is 4. The van der Waals surface area contributed by atoms with Gasteiger partial charge in [-0.15, -0.1) is 11.3 Å². The number of nitrogens with one attached hydrogen (secondary N) is 2. The Morgan fingerprint density at radius 2 is 2.39 bits per heavy atom. The van der Waals surface area contributed by atoms with Crippen LogP contribution in [0.15, 0.2) is 6.20 Å². The number of hydrogen-bond donors (Lipinski definition) is 2. The second-order valence-corrected chi connectivity index (χ2v) is 6.81. The number of carbonyl (C=O) groups excluding carboxylic acids is 1. The minimum Gasteiger partial charge on any atom is -0.367 e. The summed E-state index contributed by atoms with van der Waals surface area (Å²) in [5.41, 5.74) is 0. The van der Waals surface area contributed by atoms with Crippen molar-refractivity contribution in [2.75, 3.05) is 25.0 Å². The van der Waals surface area contributed by atoms with Crippen LogP contribution in [0.1, 0.15) is 29.6 Å². The van der Waals surface area contributed by atoms with E-state index in [1.54, 1.807) is 6.20 Å². The first-order chi connectivity index (χ1) is 11.0. The number of rotatable bonds is 4. The number of H-pyrrole nitrogens is 1. The van der Waals surface area contributed by atoms with Gasteiger partial charge in [0.05, 0.1) is 12.6 Å². The highest BCUT2D eigenvalue weighted by molar-refractivity contribution is 7.15. The third-order valence-corrected chi connectivity index (χ3v) is 4.61. The Morgan fingerprint density at radius 3 is 3.04 bits per heavy atom. The number of carbonyl (C=O) groups is 1. The van der Waals surface area contributed by atoms with Crippen LogP contribution in [-0.2, 0) is 9.53 Å². The highest BCUT2D eigenvalue weighted by Crippen LogP contribution is 2.22. The molecule has 3 heterocycles. The number of aromatic amines is 1. The van der Waals surface area contributed by atoms with Gasteiger partial charge in [0, 0.05) is 24.2 Å². The topological polar surface area (TPSA) is 96.0 Å². The average molecular weight is 336 g/mol. The van der Waals surface area contributed by atoms with E-state index >= 15 is 0 Å². The fourth-order valence-electron chi connectivity index (χ4n) is 2.47. The smallest absolute Gasteiger partial charge is 0.243 e. The molecule has 0 radical (unpaired) electrons. The number of amides is 1. The highest BCUT2D eigenvalue weighted by Gasteiger charge is 2.30. The van der Waals surface area contributed by atoms with Crippen molar-refractivity contribution in [2.24, 2.45) is 0 Å². The number of aryl methyl sites for hydroxylation is 2. The molecule has 2 aromatic heterocycles. The van der Waals surface area contributed by atoms with Crippen molar-refractivity contribution in [1.29, 1.82) is 0 Å². The summed E-state index contributed by atoms with van der Waals surface area (Å²) in [5, 5.41) is 10.5. The monoisotopic (exact) mass is 336 g/mol. The van der Waals surface area contributed by atoms with Crippen LogP contribution in [0.4, 0.5) is 5.13 Å². The number of hydrogen-bond acceptors (Lipinski definition) is 7. The highest BCUT2D eigenvalue weighted by atomic mass is 32.1. The first kappa shape index (κ1) is 16.0. The molecule has 0 unspecified atom stereocenters. The standard InChI is InChI=1S/C14H20N6O2S/c1-8-6-15-14(23-8)17-13(21)9(2)20-4-5-22-11(7-20)12-16-10(3)18-19-12/h6,9,11H,4-5,7H2,1-3H3,(H,15,17,21)(H,16,18,19)/t9-,11+/m0/s1. The first-order valence-corrected chi connectivity index (χ1v) is 8.32. The average Bonchev–Trinajstić information content (AvgIpc) is 3.15. The van der Waals surface area contributed by atoms with E-state index in [1.165, 1.54) is 11.3 Å². The molecule has 1 amide bonds. The maximum absolute atomic E-state index is 12.4. The van der Waals surface area contributed by atoms with Crippen molar-refractivity contribution in [3.05, 3.63) is 22.7 Å². The minimum atomic E-state index is -0.273. The third-order valence-electron chi connectivity index (χ3n) is 3.78. The van der Waals surface area contributed by atoms with E-state index in [0.29, 0.717) is 30.7 Å². The van der Waals surface area contributed by atoms with Crippen molar-refractivity contribution in [3.63, 3.8) is 0 Å². The van der Waals surface area contributed by atoms with Crippen molar-refractivity contribution in [2.45, 2.75) is 32.9 Å². The summed E-state index contributed by atoms with van der Waals surface area (Å²) in [4.78, 5) is 24.0. The van der Waals surface area contributed by atoms with Crippen LogP contribution >= 0.6 is 11.3 Å². The molecular formula is C14H20N6O2S. The SMILES string of the molecule is Cc1nc([C@H]2CN([C@@H](C)C(=O)Nc3ncc(C)s3)CCO2)n[nH]1. The van der Waals surface area contributed by atoms with E-state index in [2.05, 4.69) is 30.4 Å². The Morgan fingerprint density at radius 1 is 1.57 bits per heavy atom. The summed E-state index contributed by atoms with van der Waals surface area (Å²) < 4.78 is 5.73. The van der Waals surface area contributed by atoms with Gasteiger partial charge in [-0.1, -0.05) is 0 Å². The number of anilines is 1. The molecule has 0 spiro atoms. The number of morpholine rings is 1. The summed E-state index contributed by atoms with van der Waals surface area (Å²) in [6, 6.07) is -0.273. The molecule has 0 aromatic carbocycles. The van der Waals surface area contributed by atoms with Gasteiger partial charge in [0.2, 0.25) is 5.91 Å². The molecule has 9 heteroatoms. The Bertz CT molecular complexity index is 684. The summed E-state index contributed by atoms with van der Waals surface area (Å²) in [6.07, 6.45) is 1.53. The van der Waals surface area contributed by atoms with E-state index in [-0.39, 0.29) is 18.1 Å². The second-order valence-electron chi connectivity index (χ2n) is 5.57. The quantitative estimate of drug-likeness (QED) is 0.873. The minimum absolute atomic E-state index is 0.0637. The Hall–Kier alpha value is -1.84. The molecule has 2 atom stereocenters. The lowest BCUT2D eigenvalue weighted by atomic mass is 10.2. The number of ether oxygens (including phenoxy) is 1. The second kappa shape index (κ2) is 6.73. The fourth-order valence-corrected chi connectivity index (χ4v) is 3.14. The lowest BCUT2D eigenvalue weighted by Crippen LogP contribution is -2.48. The molecular weight excluding hydrogens is 316 g/mol. The maximum Gasteiger partial charge on any atom is 0.243 e. The zero-order valence-electron chi connectivity index (χ0n) is 13.4. The van der Waals surface area contributed by atoms with Crippen molar-refractivity contribution < 1.29 is 9.53 Å². The molecule has 2 aromatic rings. The molecule has 8 nitrogen and oxygen atoms in total. The predicted octanol–water partition coefficient (Wildman–Crippen LogP) is 1.28. The van der Waals surface area contributed by atoms with Crippen LogP contribution in [0, 0.1) is 13.8 Å². The van der Waals surface area contributed by atoms with Gasteiger partial charge >= 0.3 is 0 Å². The Kier molecular flexibility index (Phi) is 4.69. The van der Waals surface area contributed by atoms with E-state index in [4.69, 9.17) is 4.74 Å². The molecule has 1 fully saturated rings. The van der Waals surface area contributed by atoms with E-state index < -0.39 is 0 Å². The molecule has 23 heavy (non-hydrogen) atoms. The van der Waals surface area contributed by atoms with Crippen LogP contribution in [0.25, 0.3) is 0 Å². The largest absolute Gasteiger partial charge is 0.367 e. The zero-order chi connectivity index (χ0) is 16.4. The molecule has 0 saturated carbocycles. The fraction of sp³-hybridized carbons (Fsp3) is 0.571. The maximum atomic E-state index is 12.4. The number of nitrogens with zero attached hydrogens (tertiary/aromatic N) is 4. The first-order valence-electron chi connectivity index (χ1n) is 7.51. The summed E-state index contributed by atoms with van der Waals surface area (Å²) >= 11 is 1.47. The molecule has 0 bridgehead atoms. The molecule has 124 valence electrons.